The van der Waals surface area contributed by atoms with Crippen LogP contribution in [0.2, 0.25) is 0 Å². The minimum atomic E-state index is -4.46. The minimum absolute atomic E-state index is 0.0116. The van der Waals surface area contributed by atoms with Crippen molar-refractivity contribution in [3.63, 3.8) is 0 Å². The van der Waals surface area contributed by atoms with E-state index < -0.39 is 17.6 Å². The van der Waals surface area contributed by atoms with Gasteiger partial charge in [0.1, 0.15) is 0 Å². The molecule has 0 atom stereocenters. The van der Waals surface area contributed by atoms with Crippen molar-refractivity contribution in [1.29, 1.82) is 0 Å². The summed E-state index contributed by atoms with van der Waals surface area (Å²) in [4.78, 5) is 23.3. The zero-order chi connectivity index (χ0) is 17.3. The molecule has 2 amide bonds. The van der Waals surface area contributed by atoms with Crippen LogP contribution in [-0.4, -0.2) is 11.8 Å². The molecule has 2 aromatic carbocycles. The molecule has 0 saturated heterocycles. The van der Waals surface area contributed by atoms with Crippen LogP contribution in [0.3, 0.4) is 0 Å². The van der Waals surface area contributed by atoms with Crippen molar-refractivity contribution in [2.75, 3.05) is 10.6 Å². The van der Waals surface area contributed by atoms with Gasteiger partial charge >= 0.3 is 6.18 Å². The lowest BCUT2D eigenvalue weighted by Gasteiger charge is -2.10. The second-order valence-corrected chi connectivity index (χ2v) is 5.52. The van der Waals surface area contributed by atoms with Gasteiger partial charge in [0.25, 0.3) is 0 Å². The molecule has 2 N–H and O–H groups in total. The van der Waals surface area contributed by atoms with Crippen molar-refractivity contribution in [2.45, 2.75) is 19.0 Å². The van der Waals surface area contributed by atoms with E-state index >= 15 is 0 Å². The topological polar surface area (TPSA) is 58.2 Å². The Bertz CT molecular complexity index is 816. The summed E-state index contributed by atoms with van der Waals surface area (Å²) in [5.74, 6) is -0.526. The predicted octanol–water partition coefficient (Wildman–Crippen LogP) is 3.38. The van der Waals surface area contributed by atoms with Crippen LogP contribution >= 0.6 is 0 Å². The molecule has 4 nitrogen and oxygen atoms in total. The number of amides is 2. The maximum Gasteiger partial charge on any atom is 0.416 e. The molecule has 0 radical (unpaired) electrons. The first-order chi connectivity index (χ1) is 11.3. The largest absolute Gasteiger partial charge is 0.416 e. The summed E-state index contributed by atoms with van der Waals surface area (Å²) in [6.07, 6.45) is -4.18. The highest BCUT2D eigenvalue weighted by Gasteiger charge is 2.30. The smallest absolute Gasteiger partial charge is 0.326 e. The van der Waals surface area contributed by atoms with Gasteiger partial charge in [-0.1, -0.05) is 18.2 Å². The van der Waals surface area contributed by atoms with Crippen LogP contribution in [0.5, 0.6) is 0 Å². The third-order valence-corrected chi connectivity index (χ3v) is 3.63. The molecule has 124 valence electrons. The molecule has 0 unspecified atom stereocenters. The van der Waals surface area contributed by atoms with Crippen LogP contribution in [0.4, 0.5) is 24.5 Å². The molecule has 0 spiro atoms. The number of alkyl halides is 3. The second-order valence-electron chi connectivity index (χ2n) is 5.52. The van der Waals surface area contributed by atoms with Crippen molar-refractivity contribution < 1.29 is 22.8 Å². The zero-order valence-electron chi connectivity index (χ0n) is 12.4. The summed E-state index contributed by atoms with van der Waals surface area (Å²) in [5.41, 5.74) is 1.50. The van der Waals surface area contributed by atoms with Crippen LogP contribution < -0.4 is 10.6 Å². The van der Waals surface area contributed by atoms with Gasteiger partial charge < -0.3 is 10.6 Å². The first-order valence-corrected chi connectivity index (χ1v) is 7.20. The number of nitrogens with one attached hydrogen (secondary N) is 2. The van der Waals surface area contributed by atoms with Gasteiger partial charge in [0.05, 0.1) is 18.4 Å². The van der Waals surface area contributed by atoms with Crippen LogP contribution in [0.25, 0.3) is 0 Å². The summed E-state index contributed by atoms with van der Waals surface area (Å²) in [7, 11) is 0. The fraction of sp³-hybridized carbons (Fsp3) is 0.176. The fourth-order valence-electron chi connectivity index (χ4n) is 2.56. The molecule has 2 aromatic rings. The van der Waals surface area contributed by atoms with Crippen LogP contribution in [0, 0.1) is 0 Å². The molecule has 0 saturated carbocycles. The third-order valence-electron chi connectivity index (χ3n) is 3.63. The van der Waals surface area contributed by atoms with E-state index in [2.05, 4.69) is 10.6 Å². The molecular formula is C17H13F3N2O2. The molecular weight excluding hydrogens is 321 g/mol. The SMILES string of the molecule is O=C(Cc1ccc2c(c1)CC(=O)N2)Nc1cccc(C(F)(F)F)c1. The summed E-state index contributed by atoms with van der Waals surface area (Å²) in [5, 5.41) is 5.15. The van der Waals surface area contributed by atoms with Crippen molar-refractivity contribution in [2.24, 2.45) is 0 Å². The third kappa shape index (κ3) is 3.56. The van der Waals surface area contributed by atoms with E-state index in [0.717, 1.165) is 23.4 Å². The van der Waals surface area contributed by atoms with E-state index in [-0.39, 0.29) is 24.4 Å². The maximum atomic E-state index is 12.7. The normalized spacial score (nSPS) is 13.4. The molecule has 24 heavy (non-hydrogen) atoms. The van der Waals surface area contributed by atoms with Gasteiger partial charge in [0.15, 0.2) is 0 Å². The minimum Gasteiger partial charge on any atom is -0.326 e. The molecule has 0 aliphatic carbocycles. The van der Waals surface area contributed by atoms with Crippen LogP contribution in [-0.2, 0) is 28.6 Å². The van der Waals surface area contributed by atoms with Gasteiger partial charge in [0.2, 0.25) is 11.8 Å². The summed E-state index contributed by atoms with van der Waals surface area (Å²) < 4.78 is 38.0. The highest BCUT2D eigenvalue weighted by Crippen LogP contribution is 2.30. The van der Waals surface area contributed by atoms with E-state index in [1.54, 1.807) is 18.2 Å². The van der Waals surface area contributed by atoms with E-state index in [1.807, 2.05) is 0 Å². The Morgan fingerprint density at radius 2 is 1.96 bits per heavy atom. The van der Waals surface area contributed by atoms with Crippen molar-refractivity contribution in [3.8, 4) is 0 Å². The standard InChI is InChI=1S/C17H13F3N2O2/c18-17(19,20)12-2-1-3-13(9-12)21-15(23)7-10-4-5-14-11(6-10)8-16(24)22-14/h1-6,9H,7-8H2,(H,21,23)(H,22,24). The summed E-state index contributed by atoms with van der Waals surface area (Å²) >= 11 is 0. The van der Waals surface area contributed by atoms with Gasteiger partial charge in [-0.3, -0.25) is 9.59 Å². The fourth-order valence-corrected chi connectivity index (χ4v) is 2.56. The van der Waals surface area contributed by atoms with Gasteiger partial charge in [-0.15, -0.1) is 0 Å². The Kier molecular flexibility index (Phi) is 4.01. The molecule has 3 rings (SSSR count). The Morgan fingerprint density at radius 3 is 2.71 bits per heavy atom. The molecule has 1 aliphatic rings. The lowest BCUT2D eigenvalue weighted by Crippen LogP contribution is -2.15. The second kappa shape index (κ2) is 5.99. The van der Waals surface area contributed by atoms with Crippen LogP contribution in [0.1, 0.15) is 16.7 Å². The monoisotopic (exact) mass is 334 g/mol. The van der Waals surface area contributed by atoms with Crippen LogP contribution in [0.15, 0.2) is 42.5 Å². The molecule has 0 bridgehead atoms. The summed E-state index contributed by atoms with van der Waals surface area (Å²) in [6.45, 7) is 0. The zero-order valence-corrected chi connectivity index (χ0v) is 12.4. The van der Waals surface area contributed by atoms with Crippen molar-refractivity contribution in [1.82, 2.24) is 0 Å². The average molecular weight is 334 g/mol. The number of benzene rings is 2. The van der Waals surface area contributed by atoms with Crippen molar-refractivity contribution in [3.05, 3.63) is 59.2 Å². The molecule has 0 fully saturated rings. The van der Waals surface area contributed by atoms with Gasteiger partial charge in [-0.25, -0.2) is 0 Å². The average Bonchev–Trinajstić information content (AvgIpc) is 2.86. The highest BCUT2D eigenvalue weighted by atomic mass is 19.4. The number of rotatable bonds is 3. The number of carbonyl (C=O) groups is 2. The number of anilines is 2. The number of halogens is 3. The number of fused-ring (bicyclic) bond motifs is 1. The van der Waals surface area contributed by atoms with E-state index in [0.29, 0.717) is 5.56 Å². The molecule has 0 aromatic heterocycles. The quantitative estimate of drug-likeness (QED) is 0.904. The summed E-state index contributed by atoms with van der Waals surface area (Å²) in [6, 6.07) is 9.65. The van der Waals surface area contributed by atoms with E-state index in [9.17, 15) is 22.8 Å². The highest BCUT2D eigenvalue weighted by molar-refractivity contribution is 5.99. The van der Waals surface area contributed by atoms with Crippen molar-refractivity contribution >= 4 is 23.2 Å². The number of hydrogen-bond donors (Lipinski definition) is 2. The van der Waals surface area contributed by atoms with Gasteiger partial charge in [0, 0.05) is 11.4 Å². The first-order valence-electron chi connectivity index (χ1n) is 7.20. The Labute approximate surface area is 135 Å². The predicted molar refractivity (Wildman–Crippen MR) is 82.6 cm³/mol. The van der Waals surface area contributed by atoms with Gasteiger partial charge in [-0.05, 0) is 35.4 Å². The lowest BCUT2D eigenvalue weighted by molar-refractivity contribution is -0.137. The van der Waals surface area contributed by atoms with E-state index in [4.69, 9.17) is 0 Å². The molecule has 1 heterocycles. The lowest BCUT2D eigenvalue weighted by atomic mass is 10.1. The molecule has 7 heteroatoms. The van der Waals surface area contributed by atoms with Gasteiger partial charge in [-0.2, -0.15) is 13.2 Å². The number of carbonyl (C=O) groups excluding carboxylic acids is 2. The Morgan fingerprint density at radius 1 is 1.17 bits per heavy atom. The first kappa shape index (κ1) is 16.0. The number of hydrogen-bond acceptors (Lipinski definition) is 2. The maximum absolute atomic E-state index is 12.7. The van der Waals surface area contributed by atoms with E-state index in [1.165, 1.54) is 12.1 Å². The molecule has 1 aliphatic heterocycles. The Balaban J connectivity index is 1.68. The Hall–Kier alpha value is -2.83.